The van der Waals surface area contributed by atoms with Gasteiger partial charge in [0.2, 0.25) is 5.91 Å². The highest BCUT2D eigenvalue weighted by atomic mass is 35.5. The van der Waals surface area contributed by atoms with E-state index in [4.69, 9.17) is 11.6 Å². The minimum absolute atomic E-state index is 0.00739. The first kappa shape index (κ1) is 16.9. The zero-order valence-electron chi connectivity index (χ0n) is 13.2. The second kappa shape index (κ2) is 7.32. The molecule has 1 fully saturated rings. The average molecular weight is 348 g/mol. The average Bonchev–Trinajstić information content (AvgIpc) is 3.05. The number of amides is 1. The SMILES string of the molecule is O=C(CC(O)c1ccc(Cl)cc1)N1CCCC1c1cccc(F)c1. The Morgan fingerprint density at radius 3 is 2.75 bits per heavy atom. The molecule has 0 saturated carbocycles. The van der Waals surface area contributed by atoms with Gasteiger partial charge in [0.1, 0.15) is 5.82 Å². The van der Waals surface area contributed by atoms with Crippen molar-refractivity contribution in [3.8, 4) is 0 Å². The molecule has 1 heterocycles. The maximum atomic E-state index is 13.5. The Morgan fingerprint density at radius 2 is 2.04 bits per heavy atom. The van der Waals surface area contributed by atoms with Crippen LogP contribution in [-0.4, -0.2) is 22.5 Å². The predicted molar refractivity (Wildman–Crippen MR) is 91.1 cm³/mol. The molecule has 3 nitrogen and oxygen atoms in total. The van der Waals surface area contributed by atoms with Crippen molar-refractivity contribution in [3.63, 3.8) is 0 Å². The van der Waals surface area contributed by atoms with Crippen molar-refractivity contribution in [3.05, 3.63) is 70.5 Å². The van der Waals surface area contributed by atoms with Gasteiger partial charge in [-0.15, -0.1) is 0 Å². The predicted octanol–water partition coefficient (Wildman–Crippen LogP) is 4.27. The summed E-state index contributed by atoms with van der Waals surface area (Å²) in [6.45, 7) is 0.632. The van der Waals surface area contributed by atoms with Gasteiger partial charge in [-0.1, -0.05) is 35.9 Å². The van der Waals surface area contributed by atoms with E-state index in [1.807, 2.05) is 6.07 Å². The molecule has 2 aromatic rings. The molecule has 2 unspecified atom stereocenters. The second-order valence-electron chi connectivity index (χ2n) is 6.07. The second-order valence-corrected chi connectivity index (χ2v) is 6.51. The Morgan fingerprint density at radius 1 is 1.29 bits per heavy atom. The molecule has 126 valence electrons. The van der Waals surface area contributed by atoms with Crippen LogP contribution in [0.1, 0.15) is 42.5 Å². The summed E-state index contributed by atoms with van der Waals surface area (Å²) < 4.78 is 13.5. The van der Waals surface area contributed by atoms with Crippen LogP contribution in [0.4, 0.5) is 4.39 Å². The summed E-state index contributed by atoms with van der Waals surface area (Å²) in [5, 5.41) is 10.9. The van der Waals surface area contributed by atoms with Gasteiger partial charge in [0.25, 0.3) is 0 Å². The lowest BCUT2D eigenvalue weighted by atomic mass is 10.0. The lowest BCUT2D eigenvalue weighted by Crippen LogP contribution is -2.31. The number of rotatable bonds is 4. The number of carbonyl (C=O) groups is 1. The van der Waals surface area contributed by atoms with E-state index in [2.05, 4.69) is 0 Å². The summed E-state index contributed by atoms with van der Waals surface area (Å²) in [4.78, 5) is 14.4. The van der Waals surface area contributed by atoms with Crippen LogP contribution in [0.15, 0.2) is 48.5 Å². The topological polar surface area (TPSA) is 40.5 Å². The van der Waals surface area contributed by atoms with E-state index in [9.17, 15) is 14.3 Å². The number of hydrogen-bond donors (Lipinski definition) is 1. The summed E-state index contributed by atoms with van der Waals surface area (Å²) in [5.41, 5.74) is 1.47. The molecular weight excluding hydrogens is 329 g/mol. The van der Waals surface area contributed by atoms with Crippen LogP contribution in [0, 0.1) is 5.82 Å². The summed E-state index contributed by atoms with van der Waals surface area (Å²) in [6.07, 6.45) is 0.826. The third kappa shape index (κ3) is 3.77. The molecule has 5 heteroatoms. The molecule has 3 rings (SSSR count). The smallest absolute Gasteiger partial charge is 0.226 e. The molecule has 1 saturated heterocycles. The molecule has 1 amide bonds. The van der Waals surface area contributed by atoms with Crippen molar-refractivity contribution in [2.75, 3.05) is 6.54 Å². The highest BCUT2D eigenvalue weighted by Crippen LogP contribution is 2.33. The Balaban J connectivity index is 1.70. The first-order chi connectivity index (χ1) is 11.5. The van der Waals surface area contributed by atoms with Gasteiger partial charge in [0, 0.05) is 11.6 Å². The molecule has 0 bridgehead atoms. The maximum absolute atomic E-state index is 13.5. The van der Waals surface area contributed by atoms with E-state index in [1.165, 1.54) is 12.1 Å². The largest absolute Gasteiger partial charge is 0.388 e. The van der Waals surface area contributed by atoms with Crippen LogP contribution in [0.5, 0.6) is 0 Å². The van der Waals surface area contributed by atoms with Gasteiger partial charge < -0.3 is 10.0 Å². The first-order valence-corrected chi connectivity index (χ1v) is 8.41. The Labute approximate surface area is 145 Å². The minimum Gasteiger partial charge on any atom is -0.388 e. The van der Waals surface area contributed by atoms with Crippen molar-refractivity contribution in [1.82, 2.24) is 4.90 Å². The molecule has 24 heavy (non-hydrogen) atoms. The van der Waals surface area contributed by atoms with Gasteiger partial charge in [-0.2, -0.15) is 0 Å². The van der Waals surface area contributed by atoms with Crippen LogP contribution in [0.2, 0.25) is 5.02 Å². The van der Waals surface area contributed by atoms with Gasteiger partial charge >= 0.3 is 0 Å². The van der Waals surface area contributed by atoms with Crippen LogP contribution < -0.4 is 0 Å². The molecule has 0 spiro atoms. The zero-order valence-corrected chi connectivity index (χ0v) is 13.9. The van der Waals surface area contributed by atoms with Crippen LogP contribution in [0.25, 0.3) is 0 Å². The first-order valence-electron chi connectivity index (χ1n) is 8.03. The lowest BCUT2D eigenvalue weighted by molar-refractivity contribution is -0.134. The molecule has 0 aromatic heterocycles. The molecule has 2 atom stereocenters. The van der Waals surface area contributed by atoms with Crippen LogP contribution >= 0.6 is 11.6 Å². The zero-order chi connectivity index (χ0) is 17.1. The van der Waals surface area contributed by atoms with Crippen molar-refractivity contribution < 1.29 is 14.3 Å². The number of carbonyl (C=O) groups excluding carboxylic acids is 1. The van der Waals surface area contributed by atoms with E-state index in [1.54, 1.807) is 35.2 Å². The Kier molecular flexibility index (Phi) is 5.17. The molecule has 0 radical (unpaired) electrons. The quantitative estimate of drug-likeness (QED) is 0.897. The van der Waals surface area contributed by atoms with Crippen LogP contribution in [-0.2, 0) is 4.79 Å². The van der Waals surface area contributed by atoms with Gasteiger partial charge in [-0.05, 0) is 48.2 Å². The van der Waals surface area contributed by atoms with E-state index < -0.39 is 6.10 Å². The number of hydrogen-bond acceptors (Lipinski definition) is 2. The maximum Gasteiger partial charge on any atom is 0.226 e. The highest BCUT2D eigenvalue weighted by Gasteiger charge is 2.31. The third-order valence-electron chi connectivity index (χ3n) is 4.43. The van der Waals surface area contributed by atoms with Gasteiger partial charge in [0.15, 0.2) is 0 Å². The number of benzene rings is 2. The Hall–Kier alpha value is -1.91. The number of aliphatic hydroxyl groups is 1. The molecule has 2 aromatic carbocycles. The minimum atomic E-state index is -0.872. The van der Waals surface area contributed by atoms with Gasteiger partial charge in [0.05, 0.1) is 18.6 Å². The molecule has 1 aliphatic heterocycles. The summed E-state index contributed by atoms with van der Waals surface area (Å²) >= 11 is 5.84. The summed E-state index contributed by atoms with van der Waals surface area (Å²) in [6, 6.07) is 13.1. The Bertz CT molecular complexity index is 720. The van der Waals surface area contributed by atoms with Crippen molar-refractivity contribution in [2.24, 2.45) is 0 Å². The van der Waals surface area contributed by atoms with Crippen molar-refractivity contribution in [1.29, 1.82) is 0 Å². The standard InChI is InChI=1S/C19H19ClFNO2/c20-15-8-6-13(7-9-15)18(23)12-19(24)22-10-2-5-17(22)14-3-1-4-16(21)11-14/h1,3-4,6-9,11,17-18,23H,2,5,10,12H2. The van der Waals surface area contributed by atoms with Crippen molar-refractivity contribution in [2.45, 2.75) is 31.4 Å². The number of likely N-dealkylation sites (tertiary alicyclic amines) is 1. The monoisotopic (exact) mass is 347 g/mol. The fraction of sp³-hybridized carbons (Fsp3) is 0.316. The van der Waals surface area contributed by atoms with Gasteiger partial charge in [-0.25, -0.2) is 4.39 Å². The fourth-order valence-corrected chi connectivity index (χ4v) is 3.34. The highest BCUT2D eigenvalue weighted by molar-refractivity contribution is 6.30. The number of nitrogens with zero attached hydrogens (tertiary/aromatic N) is 1. The fourth-order valence-electron chi connectivity index (χ4n) is 3.21. The normalized spacial score (nSPS) is 18.6. The van der Waals surface area contributed by atoms with E-state index >= 15 is 0 Å². The molecule has 1 aliphatic rings. The summed E-state index contributed by atoms with van der Waals surface area (Å²) in [7, 11) is 0. The number of aliphatic hydroxyl groups excluding tert-OH is 1. The van der Waals surface area contributed by atoms with E-state index in [0.29, 0.717) is 17.1 Å². The molecule has 1 N–H and O–H groups in total. The third-order valence-corrected chi connectivity index (χ3v) is 4.68. The number of halogens is 2. The van der Waals surface area contributed by atoms with E-state index in [0.717, 1.165) is 18.4 Å². The van der Waals surface area contributed by atoms with Crippen molar-refractivity contribution >= 4 is 17.5 Å². The van der Waals surface area contributed by atoms with Gasteiger partial charge in [-0.3, -0.25) is 4.79 Å². The molecular formula is C19H19ClFNO2. The van der Waals surface area contributed by atoms with Crippen LogP contribution in [0.3, 0.4) is 0 Å². The summed E-state index contributed by atoms with van der Waals surface area (Å²) in [5.74, 6) is -0.419. The molecule has 0 aliphatic carbocycles. The lowest BCUT2D eigenvalue weighted by Gasteiger charge is -2.26. The van der Waals surface area contributed by atoms with E-state index in [-0.39, 0.29) is 24.2 Å².